The van der Waals surface area contributed by atoms with Crippen molar-refractivity contribution in [1.29, 1.82) is 5.26 Å². The third-order valence-electron chi connectivity index (χ3n) is 3.05. The quantitative estimate of drug-likeness (QED) is 0.843. The largest absolute Gasteiger partial charge is 0.307 e. The molecule has 19 heavy (non-hydrogen) atoms. The summed E-state index contributed by atoms with van der Waals surface area (Å²) in [5.74, 6) is 0. The molecule has 0 aliphatic rings. The van der Waals surface area contributed by atoms with E-state index in [1.807, 2.05) is 38.1 Å². The van der Waals surface area contributed by atoms with Gasteiger partial charge in [0, 0.05) is 10.7 Å². The highest BCUT2D eigenvalue weighted by Gasteiger charge is 2.08. The molecule has 3 nitrogen and oxygen atoms in total. The van der Waals surface area contributed by atoms with Gasteiger partial charge in [-0.05, 0) is 43.2 Å². The van der Waals surface area contributed by atoms with Gasteiger partial charge < -0.3 is 4.57 Å². The predicted octanol–water partition coefficient (Wildman–Crippen LogP) is 3.04. The lowest BCUT2D eigenvalue weighted by Gasteiger charge is -2.11. The van der Waals surface area contributed by atoms with E-state index in [1.54, 1.807) is 16.7 Å². The first kappa shape index (κ1) is 13.4. The minimum atomic E-state index is -0.279. The number of pyridine rings is 1. The number of hydrogen-bond acceptors (Lipinski definition) is 2. The molecule has 0 N–H and O–H groups in total. The zero-order valence-corrected chi connectivity index (χ0v) is 11.5. The molecule has 0 aliphatic heterocycles. The molecule has 0 saturated heterocycles. The molecule has 0 saturated carbocycles. The van der Waals surface area contributed by atoms with E-state index in [1.165, 1.54) is 0 Å². The average Bonchev–Trinajstić information content (AvgIpc) is 2.37. The number of halogens is 1. The fourth-order valence-corrected chi connectivity index (χ4v) is 2.20. The summed E-state index contributed by atoms with van der Waals surface area (Å²) in [5, 5.41) is 9.53. The third-order valence-corrected chi connectivity index (χ3v) is 3.40. The van der Waals surface area contributed by atoms with Crippen molar-refractivity contribution < 1.29 is 0 Å². The van der Waals surface area contributed by atoms with Crippen molar-refractivity contribution in [2.75, 3.05) is 0 Å². The predicted molar refractivity (Wildman–Crippen MR) is 75.4 cm³/mol. The van der Waals surface area contributed by atoms with E-state index in [0.717, 1.165) is 16.8 Å². The molecule has 0 fully saturated rings. The molecular weight excluding hydrogens is 260 g/mol. The Kier molecular flexibility index (Phi) is 3.73. The molecule has 1 aromatic carbocycles. The van der Waals surface area contributed by atoms with Gasteiger partial charge in [0.25, 0.3) is 5.56 Å². The topological polar surface area (TPSA) is 45.8 Å². The maximum atomic E-state index is 12.1. The van der Waals surface area contributed by atoms with E-state index in [9.17, 15) is 4.79 Å². The normalized spacial score (nSPS) is 10.2. The fraction of sp³-hybridized carbons (Fsp3) is 0.200. The van der Waals surface area contributed by atoms with Crippen molar-refractivity contribution in [3.05, 3.63) is 68.1 Å². The second-order valence-electron chi connectivity index (χ2n) is 4.49. The van der Waals surface area contributed by atoms with Gasteiger partial charge in [-0.1, -0.05) is 23.7 Å². The van der Waals surface area contributed by atoms with Crippen molar-refractivity contribution >= 4 is 11.6 Å². The smallest absolute Gasteiger partial charge is 0.268 e. The summed E-state index contributed by atoms with van der Waals surface area (Å²) in [6, 6.07) is 10.9. The number of hydrogen-bond donors (Lipinski definition) is 0. The number of aryl methyl sites for hydroxylation is 2. The second-order valence-corrected chi connectivity index (χ2v) is 4.89. The Bertz CT molecular complexity index is 726. The zero-order chi connectivity index (χ0) is 14.0. The molecule has 0 unspecified atom stereocenters. The van der Waals surface area contributed by atoms with E-state index < -0.39 is 0 Å². The summed E-state index contributed by atoms with van der Waals surface area (Å²) >= 11 is 6.18. The van der Waals surface area contributed by atoms with E-state index in [-0.39, 0.29) is 11.1 Å². The Morgan fingerprint density at radius 3 is 2.63 bits per heavy atom. The summed E-state index contributed by atoms with van der Waals surface area (Å²) in [7, 11) is 0. The van der Waals surface area contributed by atoms with Gasteiger partial charge in [-0.3, -0.25) is 4.79 Å². The van der Waals surface area contributed by atoms with Gasteiger partial charge in [0.05, 0.1) is 6.54 Å². The lowest BCUT2D eigenvalue weighted by atomic mass is 10.1. The van der Waals surface area contributed by atoms with Crippen LogP contribution >= 0.6 is 11.6 Å². The molecule has 0 amide bonds. The first-order chi connectivity index (χ1) is 9.02. The average molecular weight is 273 g/mol. The van der Waals surface area contributed by atoms with Crippen LogP contribution in [-0.2, 0) is 6.54 Å². The molecule has 4 heteroatoms. The number of nitrogens with zero attached hydrogens (tertiary/aromatic N) is 2. The van der Waals surface area contributed by atoms with Gasteiger partial charge in [-0.25, -0.2) is 0 Å². The number of benzene rings is 1. The monoisotopic (exact) mass is 272 g/mol. The SMILES string of the molecule is Cc1ccc(Cn2c(C)ccc(C#N)c2=O)c(Cl)c1. The first-order valence-corrected chi connectivity index (χ1v) is 6.26. The van der Waals surface area contributed by atoms with E-state index in [2.05, 4.69) is 0 Å². The Morgan fingerprint density at radius 2 is 2.00 bits per heavy atom. The molecular formula is C15H13ClN2O. The lowest BCUT2D eigenvalue weighted by Crippen LogP contribution is -2.25. The standard InChI is InChI=1S/C15H13ClN2O/c1-10-3-5-13(14(16)7-10)9-18-11(2)4-6-12(8-17)15(18)19/h3-7H,9H2,1-2H3. The molecule has 1 heterocycles. The number of nitriles is 1. The van der Waals surface area contributed by atoms with E-state index in [4.69, 9.17) is 16.9 Å². The molecule has 2 rings (SSSR count). The summed E-state index contributed by atoms with van der Waals surface area (Å²) < 4.78 is 1.56. The minimum absolute atomic E-state index is 0.147. The summed E-state index contributed by atoms with van der Waals surface area (Å²) in [5.41, 5.74) is 2.62. The van der Waals surface area contributed by atoms with Crippen LogP contribution in [0, 0.1) is 25.2 Å². The highest BCUT2D eigenvalue weighted by molar-refractivity contribution is 6.31. The van der Waals surface area contributed by atoms with Gasteiger partial charge in [0.15, 0.2) is 0 Å². The van der Waals surface area contributed by atoms with Crippen LogP contribution in [0.4, 0.5) is 0 Å². The van der Waals surface area contributed by atoms with Crippen molar-refractivity contribution in [1.82, 2.24) is 4.57 Å². The van der Waals surface area contributed by atoms with Crippen molar-refractivity contribution in [2.24, 2.45) is 0 Å². The van der Waals surface area contributed by atoms with E-state index in [0.29, 0.717) is 11.6 Å². The van der Waals surface area contributed by atoms with Crippen LogP contribution in [-0.4, -0.2) is 4.57 Å². The molecule has 0 atom stereocenters. The Morgan fingerprint density at radius 1 is 1.26 bits per heavy atom. The zero-order valence-electron chi connectivity index (χ0n) is 10.8. The van der Waals surface area contributed by atoms with Gasteiger partial charge in [-0.2, -0.15) is 5.26 Å². The van der Waals surface area contributed by atoms with Crippen LogP contribution in [0.1, 0.15) is 22.4 Å². The molecule has 0 spiro atoms. The van der Waals surface area contributed by atoms with Crippen LogP contribution in [0.15, 0.2) is 35.1 Å². The van der Waals surface area contributed by atoms with E-state index >= 15 is 0 Å². The Labute approximate surface area is 116 Å². The van der Waals surface area contributed by atoms with Crippen LogP contribution in [0.25, 0.3) is 0 Å². The Balaban J connectivity index is 2.50. The molecule has 0 bridgehead atoms. The van der Waals surface area contributed by atoms with Gasteiger partial charge in [0.2, 0.25) is 0 Å². The Hall–Kier alpha value is -2.05. The highest BCUT2D eigenvalue weighted by atomic mass is 35.5. The van der Waals surface area contributed by atoms with Crippen LogP contribution < -0.4 is 5.56 Å². The summed E-state index contributed by atoms with van der Waals surface area (Å²) in [6.45, 7) is 4.17. The molecule has 2 aromatic rings. The summed E-state index contributed by atoms with van der Waals surface area (Å²) in [6.07, 6.45) is 0. The first-order valence-electron chi connectivity index (χ1n) is 5.88. The number of aromatic nitrogens is 1. The van der Waals surface area contributed by atoms with Gasteiger partial charge in [0.1, 0.15) is 11.6 Å². The maximum Gasteiger partial charge on any atom is 0.268 e. The van der Waals surface area contributed by atoms with Crippen LogP contribution in [0.3, 0.4) is 0 Å². The maximum absolute atomic E-state index is 12.1. The van der Waals surface area contributed by atoms with Gasteiger partial charge in [-0.15, -0.1) is 0 Å². The highest BCUT2D eigenvalue weighted by Crippen LogP contribution is 2.18. The summed E-state index contributed by atoms with van der Waals surface area (Å²) in [4.78, 5) is 12.1. The van der Waals surface area contributed by atoms with Gasteiger partial charge >= 0.3 is 0 Å². The molecule has 0 radical (unpaired) electrons. The van der Waals surface area contributed by atoms with Crippen LogP contribution in [0.2, 0.25) is 5.02 Å². The molecule has 0 aliphatic carbocycles. The molecule has 1 aromatic heterocycles. The van der Waals surface area contributed by atoms with Crippen molar-refractivity contribution in [2.45, 2.75) is 20.4 Å². The minimum Gasteiger partial charge on any atom is -0.307 e. The second kappa shape index (κ2) is 5.29. The molecule has 96 valence electrons. The lowest BCUT2D eigenvalue weighted by molar-refractivity contribution is 0.727. The van der Waals surface area contributed by atoms with Crippen LogP contribution in [0.5, 0.6) is 0 Å². The fourth-order valence-electron chi connectivity index (χ4n) is 1.90. The third kappa shape index (κ3) is 2.69. The van der Waals surface area contributed by atoms with Crippen molar-refractivity contribution in [3.63, 3.8) is 0 Å². The van der Waals surface area contributed by atoms with Crippen molar-refractivity contribution in [3.8, 4) is 6.07 Å². The number of rotatable bonds is 2.